The first-order chi connectivity index (χ1) is 11.3. The fourth-order valence-corrected chi connectivity index (χ4v) is 4.71. The molecule has 2 aromatic rings. The molecule has 0 aliphatic carbocycles. The number of carbonyl (C=O) groups excluding carboxylic acids is 1. The number of amides is 1. The number of nitrogens with zero attached hydrogens (tertiary/aromatic N) is 3. The first-order valence-corrected chi connectivity index (χ1v) is 9.27. The second-order valence-electron chi connectivity index (χ2n) is 7.58. The maximum absolute atomic E-state index is 12.8. The summed E-state index contributed by atoms with van der Waals surface area (Å²) in [6.07, 6.45) is 4.04. The molecule has 24 heavy (non-hydrogen) atoms. The smallest absolute Gasteiger partial charge is 0.230 e. The summed E-state index contributed by atoms with van der Waals surface area (Å²) >= 11 is 1.65. The van der Waals surface area contributed by atoms with Crippen LogP contribution in [0.4, 0.5) is 0 Å². The lowest BCUT2D eigenvalue weighted by atomic mass is 9.72. The van der Waals surface area contributed by atoms with E-state index in [0.29, 0.717) is 12.3 Å². The van der Waals surface area contributed by atoms with Gasteiger partial charge in [-0.2, -0.15) is 0 Å². The van der Waals surface area contributed by atoms with E-state index in [1.54, 1.807) is 17.5 Å². The number of aryl methyl sites for hydroxylation is 1. The third kappa shape index (κ3) is 3.09. The van der Waals surface area contributed by atoms with Crippen molar-refractivity contribution in [3.8, 4) is 0 Å². The number of likely N-dealkylation sites (tertiary alicyclic amines) is 1. The molecule has 5 heteroatoms. The van der Waals surface area contributed by atoms with Crippen LogP contribution in [0, 0.1) is 12.3 Å². The molecule has 1 saturated heterocycles. The van der Waals surface area contributed by atoms with Gasteiger partial charge in [0.15, 0.2) is 0 Å². The molecule has 1 aliphatic heterocycles. The van der Waals surface area contributed by atoms with Crippen LogP contribution in [-0.2, 0) is 11.2 Å². The molecule has 1 atom stereocenters. The van der Waals surface area contributed by atoms with Gasteiger partial charge in [0.1, 0.15) is 5.01 Å². The first kappa shape index (κ1) is 17.1. The zero-order valence-corrected chi connectivity index (χ0v) is 15.9. The first-order valence-electron chi connectivity index (χ1n) is 8.45. The summed E-state index contributed by atoms with van der Waals surface area (Å²) in [6.45, 7) is 11.6. The van der Waals surface area contributed by atoms with Crippen LogP contribution in [-0.4, -0.2) is 27.3 Å². The Balaban J connectivity index is 1.77. The fraction of sp³-hybridized carbons (Fsp3) is 0.526. The highest BCUT2D eigenvalue weighted by molar-refractivity contribution is 7.11. The molecule has 128 valence electrons. The van der Waals surface area contributed by atoms with Crippen molar-refractivity contribution in [2.75, 3.05) is 6.54 Å². The second-order valence-corrected chi connectivity index (χ2v) is 8.87. The van der Waals surface area contributed by atoms with Gasteiger partial charge < -0.3 is 4.90 Å². The van der Waals surface area contributed by atoms with Crippen molar-refractivity contribution < 1.29 is 4.79 Å². The number of aromatic nitrogens is 2. The molecular weight excluding hydrogens is 318 g/mol. The molecule has 0 radical (unpaired) electrons. The SMILES string of the molecule is Cc1sc(CC(=O)N2CC(C)(C)C2c2cccnc2)nc1C(C)C. The average molecular weight is 343 g/mol. The Morgan fingerprint density at radius 2 is 2.21 bits per heavy atom. The summed E-state index contributed by atoms with van der Waals surface area (Å²) in [5.41, 5.74) is 2.32. The lowest BCUT2D eigenvalue weighted by molar-refractivity contribution is -0.151. The molecule has 0 aromatic carbocycles. The van der Waals surface area contributed by atoms with Crippen LogP contribution in [0.2, 0.25) is 0 Å². The monoisotopic (exact) mass is 343 g/mol. The van der Waals surface area contributed by atoms with Crippen LogP contribution in [0.15, 0.2) is 24.5 Å². The highest BCUT2D eigenvalue weighted by Crippen LogP contribution is 2.48. The largest absolute Gasteiger partial charge is 0.334 e. The topological polar surface area (TPSA) is 46.1 Å². The minimum Gasteiger partial charge on any atom is -0.334 e. The summed E-state index contributed by atoms with van der Waals surface area (Å²) in [4.78, 5) is 24.9. The molecule has 1 unspecified atom stereocenters. The van der Waals surface area contributed by atoms with Crippen molar-refractivity contribution in [1.29, 1.82) is 0 Å². The predicted octanol–water partition coefficient (Wildman–Crippen LogP) is 4.12. The zero-order chi connectivity index (χ0) is 17.5. The number of carbonyl (C=O) groups is 1. The molecule has 0 N–H and O–H groups in total. The highest BCUT2D eigenvalue weighted by atomic mass is 32.1. The maximum Gasteiger partial charge on any atom is 0.230 e. The predicted molar refractivity (Wildman–Crippen MR) is 97.1 cm³/mol. The zero-order valence-electron chi connectivity index (χ0n) is 15.0. The van der Waals surface area contributed by atoms with Crippen molar-refractivity contribution in [2.45, 2.75) is 53.0 Å². The molecule has 0 spiro atoms. The van der Waals surface area contributed by atoms with E-state index < -0.39 is 0 Å². The van der Waals surface area contributed by atoms with Crippen molar-refractivity contribution >= 4 is 17.2 Å². The molecule has 2 aromatic heterocycles. The van der Waals surface area contributed by atoms with Crippen LogP contribution in [0.5, 0.6) is 0 Å². The van der Waals surface area contributed by atoms with E-state index in [1.165, 1.54) is 4.88 Å². The van der Waals surface area contributed by atoms with Gasteiger partial charge in [-0.05, 0) is 24.5 Å². The van der Waals surface area contributed by atoms with Crippen molar-refractivity contribution in [3.05, 3.63) is 45.7 Å². The fourth-order valence-electron chi connectivity index (χ4n) is 3.63. The Bertz CT molecular complexity index is 736. The number of hydrogen-bond acceptors (Lipinski definition) is 4. The summed E-state index contributed by atoms with van der Waals surface area (Å²) in [5, 5.41) is 0.927. The Hall–Kier alpha value is -1.75. The highest BCUT2D eigenvalue weighted by Gasteiger charge is 2.48. The summed E-state index contributed by atoms with van der Waals surface area (Å²) in [5.74, 6) is 0.559. The molecule has 1 aliphatic rings. The average Bonchev–Trinajstić information content (AvgIpc) is 2.87. The Labute approximate surface area is 147 Å². The van der Waals surface area contributed by atoms with Crippen LogP contribution in [0.25, 0.3) is 0 Å². The number of pyridine rings is 1. The van der Waals surface area contributed by atoms with Crippen LogP contribution in [0.1, 0.15) is 60.8 Å². The van der Waals surface area contributed by atoms with Gasteiger partial charge in [0, 0.05) is 29.2 Å². The van der Waals surface area contributed by atoms with Gasteiger partial charge in [-0.3, -0.25) is 9.78 Å². The molecule has 4 nitrogen and oxygen atoms in total. The lowest BCUT2D eigenvalue weighted by Gasteiger charge is -2.54. The molecule has 0 bridgehead atoms. The molecule has 1 amide bonds. The summed E-state index contributed by atoms with van der Waals surface area (Å²) in [7, 11) is 0. The van der Waals surface area contributed by atoms with E-state index in [-0.39, 0.29) is 17.4 Å². The van der Waals surface area contributed by atoms with Crippen LogP contribution >= 0.6 is 11.3 Å². The van der Waals surface area contributed by atoms with Gasteiger partial charge in [-0.25, -0.2) is 4.98 Å². The second kappa shape index (κ2) is 6.28. The van der Waals surface area contributed by atoms with Gasteiger partial charge in [0.05, 0.1) is 18.2 Å². The summed E-state index contributed by atoms with van der Waals surface area (Å²) < 4.78 is 0. The van der Waals surface area contributed by atoms with E-state index in [4.69, 9.17) is 0 Å². The lowest BCUT2D eigenvalue weighted by Crippen LogP contribution is -2.58. The number of rotatable bonds is 4. The van der Waals surface area contributed by atoms with E-state index in [2.05, 4.69) is 50.7 Å². The van der Waals surface area contributed by atoms with E-state index in [1.807, 2.05) is 17.2 Å². The molecular formula is C19H25N3OS. The molecule has 1 fully saturated rings. The van der Waals surface area contributed by atoms with Gasteiger partial charge in [-0.15, -0.1) is 11.3 Å². The molecule has 0 saturated carbocycles. The van der Waals surface area contributed by atoms with Crippen molar-refractivity contribution in [2.24, 2.45) is 5.41 Å². The minimum atomic E-state index is 0.0839. The third-order valence-electron chi connectivity index (χ3n) is 4.68. The maximum atomic E-state index is 12.8. The van der Waals surface area contributed by atoms with Gasteiger partial charge in [-0.1, -0.05) is 33.8 Å². The van der Waals surface area contributed by atoms with Crippen molar-refractivity contribution in [3.63, 3.8) is 0 Å². The molecule has 3 rings (SSSR count). The van der Waals surface area contributed by atoms with Crippen LogP contribution in [0.3, 0.4) is 0 Å². The summed E-state index contributed by atoms with van der Waals surface area (Å²) in [6, 6.07) is 4.10. The minimum absolute atomic E-state index is 0.0839. The Morgan fingerprint density at radius 1 is 1.46 bits per heavy atom. The van der Waals surface area contributed by atoms with Gasteiger partial charge in [0.2, 0.25) is 5.91 Å². The standard InChI is InChI=1S/C19H25N3OS/c1-12(2)17-13(3)24-15(21-17)9-16(23)22-11-19(4,5)18(22)14-7-6-8-20-10-14/h6-8,10,12,18H,9,11H2,1-5H3. The Kier molecular flexibility index (Phi) is 4.47. The van der Waals surface area contributed by atoms with E-state index >= 15 is 0 Å². The number of hydrogen-bond donors (Lipinski definition) is 0. The van der Waals surface area contributed by atoms with Gasteiger partial charge >= 0.3 is 0 Å². The third-order valence-corrected chi connectivity index (χ3v) is 5.66. The van der Waals surface area contributed by atoms with Crippen molar-refractivity contribution in [1.82, 2.24) is 14.9 Å². The number of thiazole rings is 1. The van der Waals surface area contributed by atoms with Crippen LogP contribution < -0.4 is 0 Å². The van der Waals surface area contributed by atoms with E-state index in [0.717, 1.165) is 22.8 Å². The van der Waals surface area contributed by atoms with E-state index in [9.17, 15) is 4.79 Å². The van der Waals surface area contributed by atoms with Gasteiger partial charge in [0.25, 0.3) is 0 Å². The Morgan fingerprint density at radius 3 is 2.75 bits per heavy atom. The molecule has 3 heterocycles. The normalized spacial score (nSPS) is 19.4. The quantitative estimate of drug-likeness (QED) is 0.839.